The number of hydrogen-bond donors (Lipinski definition) is 0. The van der Waals surface area contributed by atoms with E-state index in [1.165, 1.54) is 10.6 Å². The van der Waals surface area contributed by atoms with Gasteiger partial charge in [0.1, 0.15) is 5.69 Å². The summed E-state index contributed by atoms with van der Waals surface area (Å²) in [4.78, 5) is 17.9. The van der Waals surface area contributed by atoms with E-state index in [2.05, 4.69) is 4.98 Å². The largest absolute Gasteiger partial charge is 0.336 e. The van der Waals surface area contributed by atoms with Crippen LogP contribution in [0.1, 0.15) is 16.9 Å². The van der Waals surface area contributed by atoms with Crippen molar-refractivity contribution in [2.24, 2.45) is 0 Å². The molecule has 1 aliphatic heterocycles. The van der Waals surface area contributed by atoms with Gasteiger partial charge in [0.2, 0.25) is 10.0 Å². The molecule has 19 heavy (non-hydrogen) atoms. The Bertz CT molecular complexity index is 545. The molecule has 0 atom stereocenters. The molecule has 0 bridgehead atoms. The summed E-state index contributed by atoms with van der Waals surface area (Å²) in [5.41, 5.74) is 0.398. The van der Waals surface area contributed by atoms with E-state index >= 15 is 0 Å². The molecule has 0 unspecified atom stereocenters. The molecule has 104 valence electrons. The summed E-state index contributed by atoms with van der Waals surface area (Å²) in [7, 11) is -3.18. The molecule has 1 fully saturated rings. The molecule has 1 aliphatic rings. The molecule has 2 heterocycles. The maximum Gasteiger partial charge on any atom is 0.272 e. The molecule has 6 nitrogen and oxygen atoms in total. The Labute approximate surface area is 113 Å². The normalized spacial score (nSPS) is 18.1. The van der Waals surface area contributed by atoms with Gasteiger partial charge in [0.05, 0.1) is 6.26 Å². The molecular formula is C12H17N3O3S. The van der Waals surface area contributed by atoms with Crippen LogP contribution in [-0.4, -0.2) is 60.9 Å². The van der Waals surface area contributed by atoms with Crippen LogP contribution in [0.25, 0.3) is 0 Å². The lowest BCUT2D eigenvalue weighted by atomic mass is 10.3. The van der Waals surface area contributed by atoms with Gasteiger partial charge in [0.15, 0.2) is 0 Å². The number of nitrogens with zero attached hydrogens (tertiary/aromatic N) is 3. The van der Waals surface area contributed by atoms with Gasteiger partial charge < -0.3 is 4.90 Å². The summed E-state index contributed by atoms with van der Waals surface area (Å²) in [6.45, 7) is 1.77. The van der Waals surface area contributed by atoms with Crippen molar-refractivity contribution in [2.45, 2.75) is 6.42 Å². The van der Waals surface area contributed by atoms with Crippen LogP contribution < -0.4 is 0 Å². The Hall–Kier alpha value is -1.47. The second-order valence-corrected chi connectivity index (χ2v) is 6.51. The first-order valence-corrected chi connectivity index (χ1v) is 7.99. The maximum atomic E-state index is 12.2. The summed E-state index contributed by atoms with van der Waals surface area (Å²) in [6, 6.07) is 5.19. The van der Waals surface area contributed by atoms with Crippen LogP contribution in [0, 0.1) is 0 Å². The number of sulfonamides is 1. The van der Waals surface area contributed by atoms with E-state index in [4.69, 9.17) is 0 Å². The number of aromatic nitrogens is 1. The average Bonchev–Trinajstić information content (AvgIpc) is 2.64. The van der Waals surface area contributed by atoms with Crippen LogP contribution in [0.4, 0.5) is 0 Å². The zero-order valence-electron chi connectivity index (χ0n) is 10.8. The second-order valence-electron chi connectivity index (χ2n) is 4.52. The van der Waals surface area contributed by atoms with Crippen molar-refractivity contribution in [3.05, 3.63) is 30.1 Å². The quantitative estimate of drug-likeness (QED) is 0.777. The van der Waals surface area contributed by atoms with E-state index < -0.39 is 10.0 Å². The molecule has 7 heteroatoms. The molecular weight excluding hydrogens is 266 g/mol. The van der Waals surface area contributed by atoms with Crippen molar-refractivity contribution in [1.82, 2.24) is 14.2 Å². The van der Waals surface area contributed by atoms with Crippen LogP contribution in [0.15, 0.2) is 24.4 Å². The molecule has 1 aromatic heterocycles. The Morgan fingerprint density at radius 1 is 1.21 bits per heavy atom. The van der Waals surface area contributed by atoms with Crippen molar-refractivity contribution in [1.29, 1.82) is 0 Å². The number of rotatable bonds is 2. The standard InChI is InChI=1S/C12H17N3O3S/c1-19(17,18)15-8-4-7-14(9-10-15)12(16)11-5-2-3-6-13-11/h2-3,5-6H,4,7-10H2,1H3. The highest BCUT2D eigenvalue weighted by molar-refractivity contribution is 7.88. The Kier molecular flexibility index (Phi) is 4.16. The summed E-state index contributed by atoms with van der Waals surface area (Å²) in [5.74, 6) is -0.143. The maximum absolute atomic E-state index is 12.2. The molecule has 0 spiro atoms. The van der Waals surface area contributed by atoms with Gasteiger partial charge >= 0.3 is 0 Å². The molecule has 0 aromatic carbocycles. The number of hydrogen-bond acceptors (Lipinski definition) is 4. The average molecular weight is 283 g/mol. The predicted molar refractivity (Wildman–Crippen MR) is 71.2 cm³/mol. The molecule has 0 radical (unpaired) electrons. The third-order valence-corrected chi connectivity index (χ3v) is 4.40. The Morgan fingerprint density at radius 3 is 2.63 bits per heavy atom. The summed E-state index contributed by atoms with van der Waals surface area (Å²) in [5, 5.41) is 0. The number of pyridine rings is 1. The zero-order chi connectivity index (χ0) is 13.9. The van der Waals surface area contributed by atoms with Gasteiger partial charge in [0, 0.05) is 32.4 Å². The highest BCUT2D eigenvalue weighted by Crippen LogP contribution is 2.09. The summed E-state index contributed by atoms with van der Waals surface area (Å²) in [6.07, 6.45) is 3.42. The van der Waals surface area contributed by atoms with Crippen molar-refractivity contribution >= 4 is 15.9 Å². The molecule has 0 saturated carbocycles. The third-order valence-electron chi connectivity index (χ3n) is 3.10. The molecule has 0 N–H and O–H groups in total. The zero-order valence-corrected chi connectivity index (χ0v) is 11.6. The van der Waals surface area contributed by atoms with Gasteiger partial charge in [-0.1, -0.05) is 6.07 Å². The van der Waals surface area contributed by atoms with Gasteiger partial charge in [-0.2, -0.15) is 0 Å². The molecule has 1 saturated heterocycles. The predicted octanol–water partition coefficient (Wildman–Crippen LogP) is 0.189. The minimum absolute atomic E-state index is 0.143. The minimum Gasteiger partial charge on any atom is -0.336 e. The lowest BCUT2D eigenvalue weighted by molar-refractivity contribution is 0.0758. The highest BCUT2D eigenvalue weighted by Gasteiger charge is 2.24. The Morgan fingerprint density at radius 2 is 2.00 bits per heavy atom. The lowest BCUT2D eigenvalue weighted by Gasteiger charge is -2.20. The van der Waals surface area contributed by atoms with E-state index in [9.17, 15) is 13.2 Å². The van der Waals surface area contributed by atoms with Crippen LogP contribution in [0.5, 0.6) is 0 Å². The minimum atomic E-state index is -3.18. The topological polar surface area (TPSA) is 70.6 Å². The van der Waals surface area contributed by atoms with Crippen molar-refractivity contribution in [3.8, 4) is 0 Å². The number of amides is 1. The number of carbonyl (C=O) groups excluding carboxylic acids is 1. The van der Waals surface area contributed by atoms with Crippen LogP contribution in [0.2, 0.25) is 0 Å². The van der Waals surface area contributed by atoms with E-state index in [0.29, 0.717) is 38.3 Å². The van der Waals surface area contributed by atoms with Crippen molar-refractivity contribution in [2.75, 3.05) is 32.4 Å². The van der Waals surface area contributed by atoms with Crippen LogP contribution in [0.3, 0.4) is 0 Å². The van der Waals surface area contributed by atoms with Gasteiger partial charge in [-0.15, -0.1) is 0 Å². The molecule has 2 rings (SSSR count). The fourth-order valence-electron chi connectivity index (χ4n) is 2.08. The van der Waals surface area contributed by atoms with Crippen molar-refractivity contribution in [3.63, 3.8) is 0 Å². The van der Waals surface area contributed by atoms with E-state index in [0.717, 1.165) is 0 Å². The second kappa shape index (κ2) is 5.66. The van der Waals surface area contributed by atoms with Gasteiger partial charge in [-0.25, -0.2) is 12.7 Å². The van der Waals surface area contributed by atoms with Gasteiger partial charge in [-0.3, -0.25) is 9.78 Å². The Balaban J connectivity index is 2.06. The highest BCUT2D eigenvalue weighted by atomic mass is 32.2. The first kappa shape index (κ1) is 14.0. The van der Waals surface area contributed by atoms with E-state index in [-0.39, 0.29) is 5.91 Å². The molecule has 0 aliphatic carbocycles. The SMILES string of the molecule is CS(=O)(=O)N1CCCN(C(=O)c2ccccn2)CC1. The van der Waals surface area contributed by atoms with Crippen LogP contribution in [-0.2, 0) is 10.0 Å². The monoisotopic (exact) mass is 283 g/mol. The molecule has 1 aromatic rings. The molecule has 1 amide bonds. The number of carbonyl (C=O) groups is 1. The van der Waals surface area contributed by atoms with Gasteiger partial charge in [-0.05, 0) is 18.6 Å². The first-order chi connectivity index (χ1) is 8.98. The fourth-order valence-corrected chi connectivity index (χ4v) is 2.95. The smallest absolute Gasteiger partial charge is 0.272 e. The van der Waals surface area contributed by atoms with Crippen molar-refractivity contribution < 1.29 is 13.2 Å². The van der Waals surface area contributed by atoms with E-state index in [1.807, 2.05) is 0 Å². The fraction of sp³-hybridized carbons (Fsp3) is 0.500. The van der Waals surface area contributed by atoms with Gasteiger partial charge in [0.25, 0.3) is 5.91 Å². The van der Waals surface area contributed by atoms with Crippen LogP contribution >= 0.6 is 0 Å². The summed E-state index contributed by atoms with van der Waals surface area (Å²) >= 11 is 0. The van der Waals surface area contributed by atoms with E-state index in [1.54, 1.807) is 29.3 Å². The first-order valence-electron chi connectivity index (χ1n) is 6.14. The third kappa shape index (κ3) is 3.51. The lowest BCUT2D eigenvalue weighted by Crippen LogP contribution is -2.37. The summed E-state index contributed by atoms with van der Waals surface area (Å²) < 4.78 is 24.4.